The van der Waals surface area contributed by atoms with Crippen LogP contribution in [0.1, 0.15) is 60.3 Å². The van der Waals surface area contributed by atoms with Crippen molar-refractivity contribution in [3.8, 4) is 0 Å². The maximum atomic E-state index is 3.59. The highest BCUT2D eigenvalue weighted by molar-refractivity contribution is 7.99. The van der Waals surface area contributed by atoms with Gasteiger partial charge in [0, 0.05) is 0 Å². The highest BCUT2D eigenvalue weighted by Gasteiger charge is 2.35. The van der Waals surface area contributed by atoms with Gasteiger partial charge in [0.15, 0.2) is 0 Å². The molecule has 2 heteroatoms. The Balaban J connectivity index is 2.52. The summed E-state index contributed by atoms with van der Waals surface area (Å²) in [6.07, 6.45) is 5.78. The van der Waals surface area contributed by atoms with Crippen LogP contribution >= 0.6 is 11.8 Å². The number of thioether (sulfide) groups is 1. The van der Waals surface area contributed by atoms with E-state index in [0.717, 1.165) is 24.3 Å². The van der Waals surface area contributed by atoms with E-state index in [1.807, 2.05) is 0 Å². The Morgan fingerprint density at radius 1 is 1.11 bits per heavy atom. The molecule has 1 fully saturated rings. The van der Waals surface area contributed by atoms with Gasteiger partial charge in [0.05, 0.1) is 0 Å². The molecule has 1 aliphatic rings. The highest BCUT2D eigenvalue weighted by Crippen LogP contribution is 2.44. The Labute approximate surface area is 125 Å². The van der Waals surface area contributed by atoms with Crippen molar-refractivity contribution in [2.45, 2.75) is 60.3 Å². The molecule has 0 spiro atoms. The van der Waals surface area contributed by atoms with Crippen molar-refractivity contribution in [3.63, 3.8) is 0 Å². The van der Waals surface area contributed by atoms with E-state index in [4.69, 9.17) is 0 Å². The molecule has 1 saturated carbocycles. The minimum Gasteiger partial charge on any atom is -0.317 e. The summed E-state index contributed by atoms with van der Waals surface area (Å²) in [7, 11) is 0. The van der Waals surface area contributed by atoms with Crippen LogP contribution in [0, 0.1) is 23.2 Å². The molecule has 0 saturated heterocycles. The lowest BCUT2D eigenvalue weighted by Gasteiger charge is -2.42. The van der Waals surface area contributed by atoms with Crippen molar-refractivity contribution < 1.29 is 0 Å². The molecule has 0 aromatic carbocycles. The van der Waals surface area contributed by atoms with Gasteiger partial charge >= 0.3 is 0 Å². The van der Waals surface area contributed by atoms with Crippen molar-refractivity contribution in [2.75, 3.05) is 24.6 Å². The van der Waals surface area contributed by atoms with E-state index in [0.29, 0.717) is 5.41 Å². The molecule has 1 rings (SSSR count). The minimum absolute atomic E-state index is 0.499. The molecule has 0 bridgehead atoms. The van der Waals surface area contributed by atoms with Crippen molar-refractivity contribution in [1.29, 1.82) is 0 Å². The summed E-state index contributed by atoms with van der Waals surface area (Å²) in [6, 6.07) is 0. The van der Waals surface area contributed by atoms with Gasteiger partial charge < -0.3 is 5.32 Å². The summed E-state index contributed by atoms with van der Waals surface area (Å²) in [5.74, 6) is 5.45. The summed E-state index contributed by atoms with van der Waals surface area (Å²) in [4.78, 5) is 0. The number of rotatable bonds is 7. The Bertz CT molecular complexity index is 234. The first-order chi connectivity index (χ1) is 8.99. The summed E-state index contributed by atoms with van der Waals surface area (Å²) in [5, 5.41) is 3.59. The monoisotopic (exact) mass is 285 g/mol. The van der Waals surface area contributed by atoms with E-state index >= 15 is 0 Å². The molecule has 114 valence electrons. The van der Waals surface area contributed by atoms with Gasteiger partial charge in [-0.1, -0.05) is 34.6 Å². The van der Waals surface area contributed by atoms with Crippen LogP contribution in [0.3, 0.4) is 0 Å². The van der Waals surface area contributed by atoms with Crippen LogP contribution in [0.4, 0.5) is 0 Å². The number of hydrogen-bond donors (Lipinski definition) is 1. The standard InChI is InChI=1S/C17H35NS/c1-6-18-13-15-8-9-16(17(3,4)5)12-14(15)10-11-19-7-2/h14-16,18H,6-13H2,1-5H3. The zero-order valence-electron chi connectivity index (χ0n) is 13.8. The smallest absolute Gasteiger partial charge is 0.00180 e. The van der Waals surface area contributed by atoms with Crippen LogP contribution < -0.4 is 5.32 Å². The molecule has 19 heavy (non-hydrogen) atoms. The molecular formula is C17H35NS. The first-order valence-corrected chi connectivity index (χ1v) is 9.42. The fraction of sp³-hybridized carbons (Fsp3) is 1.00. The Kier molecular flexibility index (Phi) is 7.83. The van der Waals surface area contributed by atoms with E-state index in [1.165, 1.54) is 43.7 Å². The third-order valence-corrected chi connectivity index (χ3v) is 5.79. The van der Waals surface area contributed by atoms with Gasteiger partial charge in [-0.2, -0.15) is 11.8 Å². The minimum atomic E-state index is 0.499. The molecule has 3 unspecified atom stereocenters. The molecule has 0 amide bonds. The first kappa shape index (κ1) is 17.4. The lowest BCUT2D eigenvalue weighted by molar-refractivity contribution is 0.0959. The largest absolute Gasteiger partial charge is 0.317 e. The molecule has 1 N–H and O–H groups in total. The van der Waals surface area contributed by atoms with E-state index in [-0.39, 0.29) is 0 Å². The van der Waals surface area contributed by atoms with Crippen molar-refractivity contribution in [3.05, 3.63) is 0 Å². The van der Waals surface area contributed by atoms with Crippen molar-refractivity contribution in [2.24, 2.45) is 23.2 Å². The lowest BCUT2D eigenvalue weighted by Crippen LogP contribution is -2.37. The Hall–Kier alpha value is 0.310. The van der Waals surface area contributed by atoms with E-state index < -0.39 is 0 Å². The van der Waals surface area contributed by atoms with Gasteiger partial charge in [-0.15, -0.1) is 0 Å². The molecule has 0 aromatic heterocycles. The Morgan fingerprint density at radius 2 is 1.84 bits per heavy atom. The molecular weight excluding hydrogens is 250 g/mol. The fourth-order valence-electron chi connectivity index (χ4n) is 3.44. The SMILES string of the molecule is CCNCC1CCC(C(C)(C)C)CC1CCSCC. The number of hydrogen-bond acceptors (Lipinski definition) is 2. The fourth-order valence-corrected chi connectivity index (χ4v) is 4.20. The topological polar surface area (TPSA) is 12.0 Å². The molecule has 0 aromatic rings. The van der Waals surface area contributed by atoms with Gasteiger partial charge in [-0.05, 0) is 73.4 Å². The zero-order chi connectivity index (χ0) is 14.3. The van der Waals surface area contributed by atoms with Gasteiger partial charge in [-0.25, -0.2) is 0 Å². The first-order valence-electron chi connectivity index (χ1n) is 8.27. The van der Waals surface area contributed by atoms with Crippen LogP contribution in [-0.4, -0.2) is 24.6 Å². The second-order valence-corrected chi connectivity index (χ2v) is 8.58. The average molecular weight is 286 g/mol. The van der Waals surface area contributed by atoms with Crippen LogP contribution in [0.25, 0.3) is 0 Å². The van der Waals surface area contributed by atoms with Crippen LogP contribution in [0.5, 0.6) is 0 Å². The van der Waals surface area contributed by atoms with E-state index in [9.17, 15) is 0 Å². The highest BCUT2D eigenvalue weighted by atomic mass is 32.2. The van der Waals surface area contributed by atoms with Crippen LogP contribution in [0.2, 0.25) is 0 Å². The molecule has 3 atom stereocenters. The molecule has 0 heterocycles. The second-order valence-electron chi connectivity index (χ2n) is 7.19. The van der Waals surface area contributed by atoms with Crippen LogP contribution in [-0.2, 0) is 0 Å². The molecule has 1 nitrogen and oxygen atoms in total. The summed E-state index contributed by atoms with van der Waals surface area (Å²) in [5.41, 5.74) is 0.499. The van der Waals surface area contributed by atoms with Gasteiger partial charge in [-0.3, -0.25) is 0 Å². The third kappa shape index (κ3) is 6.08. The zero-order valence-corrected chi connectivity index (χ0v) is 14.6. The van der Waals surface area contributed by atoms with Crippen molar-refractivity contribution in [1.82, 2.24) is 5.32 Å². The van der Waals surface area contributed by atoms with Crippen LogP contribution in [0.15, 0.2) is 0 Å². The summed E-state index contributed by atoms with van der Waals surface area (Å²) < 4.78 is 0. The predicted octanol–water partition coefficient (Wildman–Crippen LogP) is 4.82. The van der Waals surface area contributed by atoms with Gasteiger partial charge in [0.25, 0.3) is 0 Å². The molecule has 0 aliphatic heterocycles. The van der Waals surface area contributed by atoms with Crippen molar-refractivity contribution >= 4 is 11.8 Å². The maximum absolute atomic E-state index is 3.59. The molecule has 1 aliphatic carbocycles. The summed E-state index contributed by atoms with van der Waals surface area (Å²) in [6.45, 7) is 14.2. The van der Waals surface area contributed by atoms with E-state index in [1.54, 1.807) is 0 Å². The normalized spacial score (nSPS) is 28.6. The molecule has 0 radical (unpaired) electrons. The average Bonchev–Trinajstić information content (AvgIpc) is 2.36. The maximum Gasteiger partial charge on any atom is -0.00180 e. The lowest BCUT2D eigenvalue weighted by atomic mass is 9.65. The van der Waals surface area contributed by atoms with E-state index in [2.05, 4.69) is 51.7 Å². The quantitative estimate of drug-likeness (QED) is 0.673. The third-order valence-electron chi connectivity index (χ3n) is 4.86. The Morgan fingerprint density at radius 3 is 2.42 bits per heavy atom. The summed E-state index contributed by atoms with van der Waals surface area (Å²) >= 11 is 2.12. The predicted molar refractivity (Wildman–Crippen MR) is 89.9 cm³/mol. The second kappa shape index (κ2) is 8.56. The van der Waals surface area contributed by atoms with Gasteiger partial charge in [0.1, 0.15) is 0 Å². The van der Waals surface area contributed by atoms with Gasteiger partial charge in [0.2, 0.25) is 0 Å². The number of nitrogens with one attached hydrogen (secondary N) is 1.